The lowest BCUT2D eigenvalue weighted by molar-refractivity contribution is -0.112. The van der Waals surface area contributed by atoms with E-state index >= 15 is 0 Å². The Morgan fingerprint density at radius 2 is 1.87 bits per heavy atom. The summed E-state index contributed by atoms with van der Waals surface area (Å²) < 4.78 is 5.04. The Hall–Kier alpha value is -2.48. The summed E-state index contributed by atoms with van der Waals surface area (Å²) in [7, 11) is 1.56. The fourth-order valence-electron chi connectivity index (χ4n) is 1.79. The van der Waals surface area contributed by atoms with Crippen molar-refractivity contribution in [3.8, 4) is 11.8 Å². The molecule has 0 spiro atoms. The summed E-state index contributed by atoms with van der Waals surface area (Å²) >= 11 is 11.8. The Kier molecular flexibility index (Phi) is 5.64. The van der Waals surface area contributed by atoms with Crippen molar-refractivity contribution >= 4 is 40.9 Å². The summed E-state index contributed by atoms with van der Waals surface area (Å²) in [5.41, 5.74) is 1.13. The van der Waals surface area contributed by atoms with E-state index in [-0.39, 0.29) is 5.57 Å². The van der Waals surface area contributed by atoms with Gasteiger partial charge in [0.05, 0.1) is 17.2 Å². The van der Waals surface area contributed by atoms with E-state index in [0.29, 0.717) is 27.0 Å². The number of nitriles is 1. The van der Waals surface area contributed by atoms with Crippen LogP contribution in [0.15, 0.2) is 48.0 Å². The highest BCUT2D eigenvalue weighted by atomic mass is 35.5. The predicted octanol–water partition coefficient (Wildman–Crippen LogP) is 4.55. The van der Waals surface area contributed by atoms with Crippen LogP contribution in [0.25, 0.3) is 6.08 Å². The molecule has 0 unspecified atom stereocenters. The second-order valence-corrected chi connectivity index (χ2v) is 5.34. The minimum Gasteiger partial charge on any atom is -0.497 e. The van der Waals surface area contributed by atoms with Crippen LogP contribution in [0.1, 0.15) is 5.56 Å². The number of anilines is 1. The maximum atomic E-state index is 12.2. The molecule has 4 nitrogen and oxygen atoms in total. The molecule has 0 aliphatic rings. The van der Waals surface area contributed by atoms with Gasteiger partial charge >= 0.3 is 0 Å². The summed E-state index contributed by atoms with van der Waals surface area (Å²) in [4.78, 5) is 12.2. The highest BCUT2D eigenvalue weighted by Gasteiger charge is 2.10. The molecule has 0 atom stereocenters. The summed E-state index contributed by atoms with van der Waals surface area (Å²) in [5, 5.41) is 12.6. The minimum absolute atomic E-state index is 0.0424. The highest BCUT2D eigenvalue weighted by molar-refractivity contribution is 6.42. The second-order valence-electron chi connectivity index (χ2n) is 4.53. The van der Waals surface area contributed by atoms with E-state index in [0.717, 1.165) is 0 Å². The molecule has 2 rings (SSSR count). The first-order valence-corrected chi connectivity index (χ1v) is 7.31. The first-order valence-electron chi connectivity index (χ1n) is 6.55. The van der Waals surface area contributed by atoms with Gasteiger partial charge in [-0.1, -0.05) is 29.3 Å². The first kappa shape index (κ1) is 16.9. The third-order valence-electron chi connectivity index (χ3n) is 2.97. The molecule has 0 fully saturated rings. The van der Waals surface area contributed by atoms with E-state index in [1.807, 2.05) is 6.07 Å². The van der Waals surface area contributed by atoms with Crippen LogP contribution in [0.5, 0.6) is 5.75 Å². The number of hydrogen-bond acceptors (Lipinski definition) is 3. The summed E-state index contributed by atoms with van der Waals surface area (Å²) in [6, 6.07) is 13.5. The molecule has 0 aliphatic heterocycles. The smallest absolute Gasteiger partial charge is 0.266 e. The van der Waals surface area contributed by atoms with Crippen LogP contribution in [-0.4, -0.2) is 13.0 Å². The Morgan fingerprint density at radius 1 is 1.17 bits per heavy atom. The molecule has 0 aliphatic carbocycles. The zero-order valence-corrected chi connectivity index (χ0v) is 13.7. The lowest BCUT2D eigenvalue weighted by Crippen LogP contribution is -2.13. The highest BCUT2D eigenvalue weighted by Crippen LogP contribution is 2.24. The molecule has 0 aromatic heterocycles. The monoisotopic (exact) mass is 346 g/mol. The fraction of sp³-hybridized carbons (Fsp3) is 0.0588. The molecule has 1 N–H and O–H groups in total. The fourth-order valence-corrected chi connectivity index (χ4v) is 2.10. The number of rotatable bonds is 4. The molecule has 116 valence electrons. The van der Waals surface area contributed by atoms with Gasteiger partial charge in [0, 0.05) is 5.69 Å². The van der Waals surface area contributed by atoms with Gasteiger partial charge in [0.25, 0.3) is 5.91 Å². The van der Waals surface area contributed by atoms with E-state index in [2.05, 4.69) is 5.32 Å². The number of halogens is 2. The predicted molar refractivity (Wildman–Crippen MR) is 91.7 cm³/mol. The molecule has 0 bridgehead atoms. The van der Waals surface area contributed by atoms with Gasteiger partial charge in [0.2, 0.25) is 0 Å². The largest absolute Gasteiger partial charge is 0.497 e. The van der Waals surface area contributed by atoms with Gasteiger partial charge < -0.3 is 10.1 Å². The van der Waals surface area contributed by atoms with Crippen LogP contribution in [0.3, 0.4) is 0 Å². The number of amides is 1. The SMILES string of the molecule is COc1ccc(NC(=O)C(C#N)=Cc2ccc(Cl)c(Cl)c2)cc1. The number of carbonyl (C=O) groups is 1. The van der Waals surface area contributed by atoms with Crippen molar-refractivity contribution in [2.24, 2.45) is 0 Å². The number of benzene rings is 2. The number of hydrogen-bond donors (Lipinski definition) is 1. The topological polar surface area (TPSA) is 62.1 Å². The lowest BCUT2D eigenvalue weighted by atomic mass is 10.1. The molecule has 6 heteroatoms. The first-order chi connectivity index (χ1) is 11.0. The van der Waals surface area contributed by atoms with Gasteiger partial charge in [-0.15, -0.1) is 0 Å². The van der Waals surface area contributed by atoms with Crippen LogP contribution >= 0.6 is 23.2 Å². The number of ether oxygens (including phenoxy) is 1. The summed E-state index contributed by atoms with van der Waals surface area (Å²) in [6.07, 6.45) is 1.45. The summed E-state index contributed by atoms with van der Waals surface area (Å²) in [5.74, 6) is 0.165. The quantitative estimate of drug-likeness (QED) is 0.652. The Balaban J connectivity index is 2.18. The van der Waals surface area contributed by atoms with Crippen molar-refractivity contribution < 1.29 is 9.53 Å². The number of nitrogens with zero attached hydrogens (tertiary/aromatic N) is 1. The average molecular weight is 347 g/mol. The normalized spacial score (nSPS) is 10.8. The maximum Gasteiger partial charge on any atom is 0.266 e. The van der Waals surface area contributed by atoms with Crippen molar-refractivity contribution in [1.29, 1.82) is 5.26 Å². The number of carbonyl (C=O) groups excluding carboxylic acids is 1. The van der Waals surface area contributed by atoms with Crippen molar-refractivity contribution in [2.45, 2.75) is 0 Å². The van der Waals surface area contributed by atoms with Gasteiger partial charge in [-0.2, -0.15) is 5.26 Å². The molecule has 0 saturated heterocycles. The van der Waals surface area contributed by atoms with Gasteiger partial charge in [-0.25, -0.2) is 0 Å². The van der Waals surface area contributed by atoms with Crippen LogP contribution in [0.2, 0.25) is 10.0 Å². The molecule has 0 heterocycles. The van der Waals surface area contributed by atoms with E-state index in [9.17, 15) is 10.1 Å². The maximum absolute atomic E-state index is 12.2. The Labute approximate surface area is 143 Å². The third-order valence-corrected chi connectivity index (χ3v) is 3.71. The zero-order chi connectivity index (χ0) is 16.8. The zero-order valence-electron chi connectivity index (χ0n) is 12.1. The van der Waals surface area contributed by atoms with Crippen molar-refractivity contribution in [3.05, 3.63) is 63.6 Å². The Bertz CT molecular complexity index is 793. The van der Waals surface area contributed by atoms with Crippen LogP contribution in [0.4, 0.5) is 5.69 Å². The molecule has 0 saturated carbocycles. The minimum atomic E-state index is -0.510. The number of nitrogens with one attached hydrogen (secondary N) is 1. The molecule has 2 aromatic carbocycles. The van der Waals surface area contributed by atoms with Gasteiger partial charge in [-0.05, 0) is 48.0 Å². The van der Waals surface area contributed by atoms with E-state index in [1.54, 1.807) is 49.6 Å². The molecular weight excluding hydrogens is 335 g/mol. The van der Waals surface area contributed by atoms with Gasteiger partial charge in [-0.3, -0.25) is 4.79 Å². The van der Waals surface area contributed by atoms with Crippen molar-refractivity contribution in [1.82, 2.24) is 0 Å². The molecule has 23 heavy (non-hydrogen) atoms. The Morgan fingerprint density at radius 3 is 2.43 bits per heavy atom. The molecule has 1 amide bonds. The van der Waals surface area contributed by atoms with Crippen LogP contribution < -0.4 is 10.1 Å². The average Bonchev–Trinajstić information content (AvgIpc) is 2.56. The number of methoxy groups -OCH3 is 1. The van der Waals surface area contributed by atoms with Crippen molar-refractivity contribution in [2.75, 3.05) is 12.4 Å². The van der Waals surface area contributed by atoms with E-state index in [1.165, 1.54) is 6.08 Å². The second kappa shape index (κ2) is 7.68. The van der Waals surface area contributed by atoms with Gasteiger partial charge in [0.1, 0.15) is 17.4 Å². The van der Waals surface area contributed by atoms with Crippen molar-refractivity contribution in [3.63, 3.8) is 0 Å². The standard InChI is InChI=1S/C17H12Cl2N2O2/c1-23-14-5-3-13(4-6-14)21-17(22)12(10-20)8-11-2-7-15(18)16(19)9-11/h2-9H,1H3,(H,21,22). The molecule has 0 radical (unpaired) electrons. The van der Waals surface area contributed by atoms with Crippen LogP contribution in [0, 0.1) is 11.3 Å². The summed E-state index contributed by atoms with van der Waals surface area (Å²) in [6.45, 7) is 0. The van der Waals surface area contributed by atoms with Gasteiger partial charge in [0.15, 0.2) is 0 Å². The molecule has 2 aromatic rings. The molecular formula is C17H12Cl2N2O2. The van der Waals surface area contributed by atoms with E-state index in [4.69, 9.17) is 27.9 Å². The van der Waals surface area contributed by atoms with Crippen LogP contribution in [-0.2, 0) is 4.79 Å². The lowest BCUT2D eigenvalue weighted by Gasteiger charge is -2.06. The van der Waals surface area contributed by atoms with E-state index < -0.39 is 5.91 Å². The third kappa shape index (κ3) is 4.49.